The standard InChI is InChI=1S/C11H16N2OS/c1-8(11(14)13(2)3)15-10-7-5-4-6-9(10)12/h4-8H,12H2,1-3H3. The van der Waals surface area contributed by atoms with E-state index in [2.05, 4.69) is 0 Å². The molecule has 0 aromatic heterocycles. The number of para-hydroxylation sites is 1. The van der Waals surface area contributed by atoms with E-state index in [0.717, 1.165) is 10.6 Å². The summed E-state index contributed by atoms with van der Waals surface area (Å²) in [6, 6.07) is 7.58. The van der Waals surface area contributed by atoms with Crippen molar-refractivity contribution in [1.29, 1.82) is 0 Å². The second-order valence-electron chi connectivity index (χ2n) is 3.53. The fraction of sp³-hybridized carbons (Fsp3) is 0.364. The van der Waals surface area contributed by atoms with Gasteiger partial charge in [-0.2, -0.15) is 0 Å². The second kappa shape index (κ2) is 5.07. The zero-order valence-electron chi connectivity index (χ0n) is 9.23. The first kappa shape index (κ1) is 11.9. The van der Waals surface area contributed by atoms with Gasteiger partial charge in [0.1, 0.15) is 0 Å². The number of nitrogens with two attached hydrogens (primary N) is 1. The molecule has 0 radical (unpaired) electrons. The lowest BCUT2D eigenvalue weighted by Crippen LogP contribution is -2.29. The highest BCUT2D eigenvalue weighted by Crippen LogP contribution is 2.28. The number of nitrogen functional groups attached to an aromatic ring is 1. The average molecular weight is 224 g/mol. The molecule has 0 bridgehead atoms. The van der Waals surface area contributed by atoms with Crippen LogP contribution in [0.15, 0.2) is 29.2 Å². The van der Waals surface area contributed by atoms with E-state index >= 15 is 0 Å². The van der Waals surface area contributed by atoms with Gasteiger partial charge in [0.2, 0.25) is 5.91 Å². The lowest BCUT2D eigenvalue weighted by Gasteiger charge is -2.16. The van der Waals surface area contributed by atoms with Gasteiger partial charge >= 0.3 is 0 Å². The Morgan fingerprint density at radius 1 is 1.40 bits per heavy atom. The summed E-state index contributed by atoms with van der Waals surface area (Å²) in [6.45, 7) is 1.89. The number of rotatable bonds is 3. The third kappa shape index (κ3) is 3.16. The third-order valence-corrected chi connectivity index (χ3v) is 3.19. The van der Waals surface area contributed by atoms with Gasteiger partial charge in [0.25, 0.3) is 0 Å². The molecule has 0 aliphatic rings. The number of thioether (sulfide) groups is 1. The lowest BCUT2D eigenvalue weighted by atomic mass is 10.3. The Morgan fingerprint density at radius 2 is 2.00 bits per heavy atom. The SMILES string of the molecule is CC(Sc1ccccc1N)C(=O)N(C)C. The number of anilines is 1. The predicted molar refractivity (Wildman–Crippen MR) is 64.9 cm³/mol. The van der Waals surface area contributed by atoms with Crippen molar-refractivity contribution < 1.29 is 4.79 Å². The molecule has 0 heterocycles. The van der Waals surface area contributed by atoms with Gasteiger partial charge in [0.15, 0.2) is 0 Å². The van der Waals surface area contributed by atoms with Crippen molar-refractivity contribution >= 4 is 23.4 Å². The smallest absolute Gasteiger partial charge is 0.235 e. The van der Waals surface area contributed by atoms with Crippen molar-refractivity contribution in [2.45, 2.75) is 17.1 Å². The monoisotopic (exact) mass is 224 g/mol. The first-order chi connectivity index (χ1) is 7.02. The van der Waals surface area contributed by atoms with Gasteiger partial charge in [-0.3, -0.25) is 4.79 Å². The Balaban J connectivity index is 2.71. The van der Waals surface area contributed by atoms with Crippen LogP contribution in [0.3, 0.4) is 0 Å². The van der Waals surface area contributed by atoms with Crippen LogP contribution in [0.1, 0.15) is 6.92 Å². The number of hydrogen-bond acceptors (Lipinski definition) is 3. The van der Waals surface area contributed by atoms with Crippen molar-refractivity contribution in [3.8, 4) is 0 Å². The van der Waals surface area contributed by atoms with Crippen LogP contribution in [-0.2, 0) is 4.79 Å². The number of carbonyl (C=O) groups excluding carboxylic acids is 1. The molecule has 0 spiro atoms. The van der Waals surface area contributed by atoms with Crippen LogP contribution in [0.25, 0.3) is 0 Å². The topological polar surface area (TPSA) is 46.3 Å². The second-order valence-corrected chi connectivity index (χ2v) is 4.91. The summed E-state index contributed by atoms with van der Waals surface area (Å²) in [5, 5.41) is -0.107. The fourth-order valence-electron chi connectivity index (χ4n) is 1.19. The molecule has 0 aliphatic heterocycles. The van der Waals surface area contributed by atoms with Crippen LogP contribution in [0.5, 0.6) is 0 Å². The zero-order chi connectivity index (χ0) is 11.4. The van der Waals surface area contributed by atoms with Crippen LogP contribution < -0.4 is 5.73 Å². The number of carbonyl (C=O) groups is 1. The number of amides is 1. The van der Waals surface area contributed by atoms with E-state index < -0.39 is 0 Å². The third-order valence-electron chi connectivity index (χ3n) is 2.01. The zero-order valence-corrected chi connectivity index (χ0v) is 10.0. The largest absolute Gasteiger partial charge is 0.398 e. The number of benzene rings is 1. The van der Waals surface area contributed by atoms with Crippen molar-refractivity contribution in [2.75, 3.05) is 19.8 Å². The summed E-state index contributed by atoms with van der Waals surface area (Å²) in [4.78, 5) is 14.2. The quantitative estimate of drug-likeness (QED) is 0.629. The summed E-state index contributed by atoms with van der Waals surface area (Å²) in [6.07, 6.45) is 0. The fourth-order valence-corrected chi connectivity index (χ4v) is 2.25. The van der Waals surface area contributed by atoms with Crippen molar-refractivity contribution in [3.63, 3.8) is 0 Å². The molecule has 82 valence electrons. The van der Waals surface area contributed by atoms with E-state index in [0.29, 0.717) is 0 Å². The Morgan fingerprint density at radius 3 is 2.53 bits per heavy atom. The summed E-state index contributed by atoms with van der Waals surface area (Å²) < 4.78 is 0. The molecule has 3 nitrogen and oxygen atoms in total. The summed E-state index contributed by atoms with van der Waals surface area (Å²) in [5.41, 5.74) is 6.52. The van der Waals surface area contributed by atoms with E-state index in [1.165, 1.54) is 11.8 Å². The van der Waals surface area contributed by atoms with Gasteiger partial charge in [-0.05, 0) is 19.1 Å². The average Bonchev–Trinajstić information content (AvgIpc) is 2.20. The molecular weight excluding hydrogens is 208 g/mol. The van der Waals surface area contributed by atoms with Crippen molar-refractivity contribution in [2.24, 2.45) is 0 Å². The molecule has 1 aromatic rings. The molecule has 0 aliphatic carbocycles. The van der Waals surface area contributed by atoms with Gasteiger partial charge in [-0.15, -0.1) is 11.8 Å². The normalized spacial score (nSPS) is 12.2. The van der Waals surface area contributed by atoms with Gasteiger partial charge in [0, 0.05) is 24.7 Å². The maximum atomic E-state index is 11.6. The minimum absolute atomic E-state index is 0.100. The summed E-state index contributed by atoms with van der Waals surface area (Å²) in [7, 11) is 3.52. The van der Waals surface area contributed by atoms with Gasteiger partial charge in [-0.1, -0.05) is 12.1 Å². The first-order valence-electron chi connectivity index (χ1n) is 4.74. The van der Waals surface area contributed by atoms with Gasteiger partial charge in [0.05, 0.1) is 5.25 Å². The van der Waals surface area contributed by atoms with Gasteiger partial charge in [-0.25, -0.2) is 0 Å². The predicted octanol–water partition coefficient (Wildman–Crippen LogP) is 1.84. The molecule has 2 N–H and O–H groups in total. The summed E-state index contributed by atoms with van der Waals surface area (Å²) >= 11 is 1.49. The molecular formula is C11H16N2OS. The number of nitrogens with zero attached hydrogens (tertiary/aromatic N) is 1. The molecule has 1 atom stereocenters. The molecule has 15 heavy (non-hydrogen) atoms. The number of hydrogen-bond donors (Lipinski definition) is 1. The molecule has 4 heteroatoms. The highest BCUT2D eigenvalue weighted by atomic mass is 32.2. The van der Waals surface area contributed by atoms with E-state index in [9.17, 15) is 4.79 Å². The first-order valence-corrected chi connectivity index (χ1v) is 5.62. The van der Waals surface area contributed by atoms with Crippen LogP contribution in [0.4, 0.5) is 5.69 Å². The van der Waals surface area contributed by atoms with E-state index in [4.69, 9.17) is 5.73 Å². The lowest BCUT2D eigenvalue weighted by molar-refractivity contribution is -0.127. The Kier molecular flexibility index (Phi) is 4.03. The highest BCUT2D eigenvalue weighted by molar-refractivity contribution is 8.00. The maximum Gasteiger partial charge on any atom is 0.235 e. The van der Waals surface area contributed by atoms with Crippen LogP contribution in [0, 0.1) is 0 Å². The highest BCUT2D eigenvalue weighted by Gasteiger charge is 2.16. The Bertz CT molecular complexity index is 352. The molecule has 1 unspecified atom stereocenters. The summed E-state index contributed by atoms with van der Waals surface area (Å²) in [5.74, 6) is 0.100. The van der Waals surface area contributed by atoms with E-state index in [1.54, 1.807) is 19.0 Å². The van der Waals surface area contributed by atoms with Gasteiger partial charge < -0.3 is 10.6 Å². The maximum absolute atomic E-state index is 11.6. The molecule has 1 amide bonds. The Labute approximate surface area is 94.6 Å². The van der Waals surface area contributed by atoms with Crippen LogP contribution >= 0.6 is 11.8 Å². The molecule has 0 saturated heterocycles. The molecule has 0 saturated carbocycles. The van der Waals surface area contributed by atoms with Crippen LogP contribution in [-0.4, -0.2) is 30.2 Å². The van der Waals surface area contributed by atoms with Crippen LogP contribution in [0.2, 0.25) is 0 Å². The molecule has 1 aromatic carbocycles. The van der Waals surface area contributed by atoms with E-state index in [1.807, 2.05) is 31.2 Å². The minimum Gasteiger partial charge on any atom is -0.398 e. The Hall–Kier alpha value is -1.16. The van der Waals surface area contributed by atoms with Crippen molar-refractivity contribution in [3.05, 3.63) is 24.3 Å². The molecule has 0 fully saturated rings. The van der Waals surface area contributed by atoms with Crippen molar-refractivity contribution in [1.82, 2.24) is 4.90 Å². The molecule has 1 rings (SSSR count). The van der Waals surface area contributed by atoms with E-state index in [-0.39, 0.29) is 11.2 Å². The minimum atomic E-state index is -0.107.